The average molecular weight is 259 g/mol. The summed E-state index contributed by atoms with van der Waals surface area (Å²) >= 11 is 0. The third-order valence-corrected chi connectivity index (χ3v) is 4.70. The molecule has 104 valence electrons. The second-order valence-electron chi connectivity index (χ2n) is 6.25. The quantitative estimate of drug-likeness (QED) is 0.891. The maximum absolute atomic E-state index is 6.35. The Hall–Kier alpha value is -1.02. The lowest BCUT2D eigenvalue weighted by Crippen LogP contribution is -2.34. The highest BCUT2D eigenvalue weighted by Crippen LogP contribution is 2.38. The van der Waals surface area contributed by atoms with Gasteiger partial charge in [0.25, 0.3) is 0 Å². The Kier molecular flexibility index (Phi) is 3.79. The van der Waals surface area contributed by atoms with Crippen LogP contribution in [0.5, 0.6) is 5.75 Å². The summed E-state index contributed by atoms with van der Waals surface area (Å²) < 4.78 is 5.90. The molecule has 3 unspecified atom stereocenters. The van der Waals surface area contributed by atoms with Crippen LogP contribution in [0.25, 0.3) is 0 Å². The lowest BCUT2D eigenvalue weighted by molar-refractivity contribution is 0.279. The monoisotopic (exact) mass is 259 g/mol. The van der Waals surface area contributed by atoms with Crippen LogP contribution in [0.2, 0.25) is 0 Å². The van der Waals surface area contributed by atoms with Crippen molar-refractivity contribution in [2.45, 2.75) is 63.5 Å². The van der Waals surface area contributed by atoms with Gasteiger partial charge in [-0.05, 0) is 61.6 Å². The summed E-state index contributed by atoms with van der Waals surface area (Å²) in [6.45, 7) is 2.30. The third kappa shape index (κ3) is 3.11. The van der Waals surface area contributed by atoms with E-state index in [-0.39, 0.29) is 0 Å². The van der Waals surface area contributed by atoms with Crippen LogP contribution in [0.15, 0.2) is 24.3 Å². The second kappa shape index (κ2) is 5.54. The molecular weight excluding hydrogens is 234 g/mol. The zero-order valence-electron chi connectivity index (χ0n) is 11.8. The molecule has 1 aromatic carbocycles. The molecule has 0 bridgehead atoms. The molecule has 0 saturated heterocycles. The van der Waals surface area contributed by atoms with Crippen molar-refractivity contribution < 1.29 is 4.74 Å². The topological polar surface area (TPSA) is 35.2 Å². The first kappa shape index (κ1) is 13.0. The van der Waals surface area contributed by atoms with E-state index in [1.54, 1.807) is 0 Å². The van der Waals surface area contributed by atoms with E-state index in [9.17, 15) is 0 Å². The minimum Gasteiger partial charge on any atom is -0.490 e. The smallest absolute Gasteiger partial charge is 0.120 e. The number of hydrogen-bond donors (Lipinski definition) is 1. The van der Waals surface area contributed by atoms with E-state index < -0.39 is 0 Å². The Morgan fingerprint density at radius 1 is 1.21 bits per heavy atom. The molecule has 0 amide bonds. The minimum atomic E-state index is 0.318. The van der Waals surface area contributed by atoms with Gasteiger partial charge >= 0.3 is 0 Å². The molecule has 2 N–H and O–H groups in total. The van der Waals surface area contributed by atoms with Crippen LogP contribution in [-0.2, 0) is 0 Å². The van der Waals surface area contributed by atoms with Gasteiger partial charge < -0.3 is 10.5 Å². The molecule has 3 atom stereocenters. The highest BCUT2D eigenvalue weighted by Gasteiger charge is 2.29. The van der Waals surface area contributed by atoms with Gasteiger partial charge in [-0.2, -0.15) is 0 Å². The Labute approximate surface area is 116 Å². The normalized spacial score (nSPS) is 31.2. The number of ether oxygens (including phenoxy) is 1. The van der Waals surface area contributed by atoms with Gasteiger partial charge in [-0.1, -0.05) is 25.5 Å². The van der Waals surface area contributed by atoms with Crippen molar-refractivity contribution in [3.63, 3.8) is 0 Å². The average Bonchev–Trinajstić information content (AvgIpc) is 3.23. The van der Waals surface area contributed by atoms with E-state index in [2.05, 4.69) is 31.2 Å². The first-order chi connectivity index (χ1) is 9.26. The first-order valence-electron chi connectivity index (χ1n) is 7.78. The fourth-order valence-electron chi connectivity index (χ4n) is 3.23. The molecule has 0 aliphatic heterocycles. The summed E-state index contributed by atoms with van der Waals surface area (Å²) in [5.41, 5.74) is 7.73. The van der Waals surface area contributed by atoms with Gasteiger partial charge in [0.1, 0.15) is 5.75 Å². The second-order valence-corrected chi connectivity index (χ2v) is 6.25. The summed E-state index contributed by atoms with van der Waals surface area (Å²) in [4.78, 5) is 0. The van der Waals surface area contributed by atoms with Crippen molar-refractivity contribution in [3.8, 4) is 5.75 Å². The van der Waals surface area contributed by atoms with Crippen LogP contribution in [0, 0.1) is 5.92 Å². The molecule has 2 fully saturated rings. The largest absolute Gasteiger partial charge is 0.490 e. The van der Waals surface area contributed by atoms with Crippen LogP contribution in [0.3, 0.4) is 0 Å². The Bertz CT molecular complexity index is 427. The van der Waals surface area contributed by atoms with Crippen LogP contribution in [0.1, 0.15) is 56.9 Å². The molecule has 2 heteroatoms. The van der Waals surface area contributed by atoms with Crippen molar-refractivity contribution >= 4 is 0 Å². The van der Waals surface area contributed by atoms with Gasteiger partial charge in [-0.25, -0.2) is 0 Å². The van der Waals surface area contributed by atoms with Crippen LogP contribution in [-0.4, -0.2) is 12.1 Å². The molecule has 1 aromatic rings. The van der Waals surface area contributed by atoms with Crippen molar-refractivity contribution in [2.75, 3.05) is 0 Å². The fraction of sp³-hybridized carbons (Fsp3) is 0.647. The molecule has 0 radical (unpaired) electrons. The van der Waals surface area contributed by atoms with Crippen molar-refractivity contribution in [1.29, 1.82) is 0 Å². The lowest BCUT2D eigenvalue weighted by atomic mass is 9.74. The predicted molar refractivity (Wildman–Crippen MR) is 78.4 cm³/mol. The summed E-state index contributed by atoms with van der Waals surface area (Å²) in [5, 5.41) is 0. The maximum Gasteiger partial charge on any atom is 0.120 e. The molecule has 0 aromatic heterocycles. The van der Waals surface area contributed by atoms with E-state index in [1.807, 2.05) is 0 Å². The van der Waals surface area contributed by atoms with Crippen molar-refractivity contribution in [2.24, 2.45) is 11.7 Å². The molecule has 2 aliphatic carbocycles. The summed E-state index contributed by atoms with van der Waals surface area (Å²) in [6.07, 6.45) is 7.88. The van der Waals surface area contributed by atoms with Crippen molar-refractivity contribution in [3.05, 3.63) is 29.8 Å². The lowest BCUT2D eigenvalue weighted by Gasteiger charge is -2.34. The Morgan fingerprint density at radius 3 is 2.79 bits per heavy atom. The number of rotatable bonds is 4. The summed E-state index contributed by atoms with van der Waals surface area (Å²) in [6, 6.07) is 8.96. The van der Waals surface area contributed by atoms with Gasteiger partial charge in [0.05, 0.1) is 6.10 Å². The number of hydrogen-bond acceptors (Lipinski definition) is 2. The standard InChI is InChI=1S/C17H25NO/c1-2-12-6-9-17(18)16(10-12)13-4-3-5-15(11-13)19-14-7-8-14/h3-5,11-12,14,16-17H,2,6-10,18H2,1H3. The first-order valence-corrected chi connectivity index (χ1v) is 7.78. The molecule has 2 nitrogen and oxygen atoms in total. The Balaban J connectivity index is 1.75. The molecule has 2 aliphatic rings. The molecule has 0 spiro atoms. The van der Waals surface area contributed by atoms with E-state index in [0.717, 1.165) is 18.1 Å². The van der Waals surface area contributed by atoms with Crippen LogP contribution in [0.4, 0.5) is 0 Å². The van der Waals surface area contributed by atoms with Crippen LogP contribution < -0.4 is 10.5 Å². The molecule has 19 heavy (non-hydrogen) atoms. The molecule has 3 rings (SSSR count). The zero-order valence-corrected chi connectivity index (χ0v) is 11.8. The predicted octanol–water partition coefficient (Wildman–Crippen LogP) is 3.85. The van der Waals surface area contributed by atoms with Crippen molar-refractivity contribution in [1.82, 2.24) is 0 Å². The zero-order chi connectivity index (χ0) is 13.2. The molecule has 0 heterocycles. The SMILES string of the molecule is CCC1CCC(N)C(c2cccc(OC3CC3)c2)C1. The third-order valence-electron chi connectivity index (χ3n) is 4.70. The van der Waals surface area contributed by atoms with Gasteiger partial charge in [-0.3, -0.25) is 0 Å². The maximum atomic E-state index is 6.35. The molecule has 2 saturated carbocycles. The number of nitrogens with two attached hydrogens (primary N) is 1. The molecular formula is C17H25NO. The highest BCUT2D eigenvalue weighted by atomic mass is 16.5. The Morgan fingerprint density at radius 2 is 2.05 bits per heavy atom. The fourth-order valence-corrected chi connectivity index (χ4v) is 3.23. The summed E-state index contributed by atoms with van der Waals surface area (Å²) in [5.74, 6) is 2.39. The number of benzene rings is 1. The van der Waals surface area contributed by atoms with E-state index in [0.29, 0.717) is 18.1 Å². The van der Waals surface area contributed by atoms with Gasteiger partial charge in [0.15, 0.2) is 0 Å². The minimum absolute atomic E-state index is 0.318. The van der Waals surface area contributed by atoms with Gasteiger partial charge in [0.2, 0.25) is 0 Å². The van der Waals surface area contributed by atoms with E-state index in [1.165, 1.54) is 37.7 Å². The van der Waals surface area contributed by atoms with Gasteiger partial charge in [0, 0.05) is 6.04 Å². The van der Waals surface area contributed by atoms with E-state index in [4.69, 9.17) is 10.5 Å². The van der Waals surface area contributed by atoms with E-state index >= 15 is 0 Å². The summed E-state index contributed by atoms with van der Waals surface area (Å²) in [7, 11) is 0. The highest BCUT2D eigenvalue weighted by molar-refractivity contribution is 5.32. The van der Waals surface area contributed by atoms with Crippen LogP contribution >= 0.6 is 0 Å². The van der Waals surface area contributed by atoms with Gasteiger partial charge in [-0.15, -0.1) is 0 Å².